The third-order valence-electron chi connectivity index (χ3n) is 3.51. The van der Waals surface area contributed by atoms with Crippen molar-refractivity contribution in [2.45, 2.75) is 6.54 Å². The van der Waals surface area contributed by atoms with E-state index in [1.807, 2.05) is 24.3 Å². The minimum absolute atomic E-state index is 0.234. The topological polar surface area (TPSA) is 64.0 Å². The highest BCUT2D eigenvalue weighted by Gasteiger charge is 2.10. The van der Waals surface area contributed by atoms with E-state index in [9.17, 15) is 9.59 Å². The third kappa shape index (κ3) is 4.52. The van der Waals surface area contributed by atoms with E-state index in [4.69, 9.17) is 23.2 Å². The van der Waals surface area contributed by atoms with Gasteiger partial charge in [-0.1, -0.05) is 51.3 Å². The summed E-state index contributed by atoms with van der Waals surface area (Å²) in [5.74, 6) is -0.420. The van der Waals surface area contributed by atoms with Crippen LogP contribution >= 0.6 is 39.1 Å². The lowest BCUT2D eigenvalue weighted by Gasteiger charge is -2.09. The fourth-order valence-electron chi connectivity index (χ4n) is 2.25. The van der Waals surface area contributed by atoms with E-state index in [1.165, 1.54) is 12.1 Å². The Morgan fingerprint density at radius 1 is 1.08 bits per heavy atom. The molecule has 1 amide bonds. The van der Waals surface area contributed by atoms with Crippen molar-refractivity contribution in [3.05, 3.63) is 79.5 Å². The van der Waals surface area contributed by atoms with Crippen molar-refractivity contribution in [2.75, 3.05) is 5.32 Å². The highest BCUT2D eigenvalue weighted by Crippen LogP contribution is 2.25. The van der Waals surface area contributed by atoms with Crippen LogP contribution in [0, 0.1) is 0 Å². The van der Waals surface area contributed by atoms with Gasteiger partial charge in [-0.05, 0) is 36.4 Å². The zero-order chi connectivity index (χ0) is 18.7. The van der Waals surface area contributed by atoms with E-state index >= 15 is 0 Å². The molecule has 0 aliphatic carbocycles. The molecule has 3 aromatic rings. The van der Waals surface area contributed by atoms with Crippen molar-refractivity contribution >= 4 is 50.7 Å². The van der Waals surface area contributed by atoms with Crippen LogP contribution in [0.25, 0.3) is 11.3 Å². The van der Waals surface area contributed by atoms with E-state index < -0.39 is 5.91 Å². The number of hydrogen-bond donors (Lipinski definition) is 1. The average molecular weight is 453 g/mol. The molecule has 0 fully saturated rings. The van der Waals surface area contributed by atoms with Gasteiger partial charge in [0.2, 0.25) is 5.91 Å². The Balaban J connectivity index is 1.80. The number of hydrogen-bond acceptors (Lipinski definition) is 3. The maximum atomic E-state index is 12.3. The predicted molar refractivity (Wildman–Crippen MR) is 107 cm³/mol. The normalized spacial score (nSPS) is 10.6. The number of aromatic nitrogens is 2. The Morgan fingerprint density at radius 3 is 2.50 bits per heavy atom. The molecule has 26 heavy (non-hydrogen) atoms. The number of carbonyl (C=O) groups is 1. The molecule has 0 unspecified atom stereocenters. The van der Waals surface area contributed by atoms with Crippen LogP contribution in [0.3, 0.4) is 0 Å². The molecule has 5 nitrogen and oxygen atoms in total. The summed E-state index contributed by atoms with van der Waals surface area (Å²) in [7, 11) is 0. The lowest BCUT2D eigenvalue weighted by atomic mass is 10.1. The molecule has 1 aromatic heterocycles. The smallest absolute Gasteiger partial charge is 0.267 e. The van der Waals surface area contributed by atoms with E-state index in [0.29, 0.717) is 21.4 Å². The lowest BCUT2D eigenvalue weighted by Crippen LogP contribution is -2.29. The number of anilines is 1. The molecule has 2 aromatic carbocycles. The second-order valence-electron chi connectivity index (χ2n) is 5.39. The van der Waals surface area contributed by atoms with Gasteiger partial charge < -0.3 is 5.32 Å². The van der Waals surface area contributed by atoms with Crippen LogP contribution in [-0.4, -0.2) is 15.7 Å². The Morgan fingerprint density at radius 2 is 1.81 bits per heavy atom. The van der Waals surface area contributed by atoms with Gasteiger partial charge in [0.25, 0.3) is 5.56 Å². The molecule has 132 valence electrons. The first-order valence-electron chi connectivity index (χ1n) is 7.51. The summed E-state index contributed by atoms with van der Waals surface area (Å²) in [6.07, 6.45) is 0. The first kappa shape index (κ1) is 18.6. The number of rotatable bonds is 4. The minimum Gasteiger partial charge on any atom is -0.323 e. The molecule has 0 aliphatic rings. The van der Waals surface area contributed by atoms with Crippen molar-refractivity contribution in [1.29, 1.82) is 0 Å². The second kappa shape index (κ2) is 8.03. The second-order valence-corrected chi connectivity index (χ2v) is 7.15. The van der Waals surface area contributed by atoms with E-state index in [-0.39, 0.29) is 12.1 Å². The molecule has 0 aliphatic heterocycles. The monoisotopic (exact) mass is 451 g/mol. The van der Waals surface area contributed by atoms with Gasteiger partial charge in [0.1, 0.15) is 6.54 Å². The highest BCUT2D eigenvalue weighted by molar-refractivity contribution is 9.10. The number of nitrogens with zero attached hydrogens (tertiary/aromatic N) is 2. The molecular weight excluding hydrogens is 441 g/mol. The first-order chi connectivity index (χ1) is 12.4. The summed E-state index contributed by atoms with van der Waals surface area (Å²) in [5.41, 5.74) is 1.47. The zero-order valence-corrected chi connectivity index (χ0v) is 16.3. The lowest BCUT2D eigenvalue weighted by molar-refractivity contribution is -0.117. The van der Waals surface area contributed by atoms with Gasteiger partial charge in [0.15, 0.2) is 0 Å². The molecule has 8 heteroatoms. The standard InChI is InChI=1S/C18H12BrCl2N3O2/c19-12-3-1-11(2-4-12)15-7-8-18(26)24(23-15)10-17(25)22-16-6-5-13(20)9-14(16)21/h1-9H,10H2,(H,22,25). The van der Waals surface area contributed by atoms with Crippen LogP contribution < -0.4 is 10.9 Å². The molecule has 0 spiro atoms. The molecule has 0 atom stereocenters. The van der Waals surface area contributed by atoms with Gasteiger partial charge in [0.05, 0.1) is 16.4 Å². The third-order valence-corrected chi connectivity index (χ3v) is 4.58. The summed E-state index contributed by atoms with van der Waals surface area (Å²) >= 11 is 15.2. The summed E-state index contributed by atoms with van der Waals surface area (Å²) in [6.45, 7) is -0.234. The predicted octanol–water partition coefficient (Wildman–Crippen LogP) is 4.62. The first-order valence-corrected chi connectivity index (χ1v) is 9.06. The van der Waals surface area contributed by atoms with Gasteiger partial charge in [-0.15, -0.1) is 0 Å². The largest absolute Gasteiger partial charge is 0.323 e. The van der Waals surface area contributed by atoms with Crippen LogP contribution in [0.5, 0.6) is 0 Å². The van der Waals surface area contributed by atoms with Crippen LogP contribution in [-0.2, 0) is 11.3 Å². The van der Waals surface area contributed by atoms with Crippen molar-refractivity contribution in [1.82, 2.24) is 9.78 Å². The minimum atomic E-state index is -0.420. The molecule has 1 N–H and O–H groups in total. The summed E-state index contributed by atoms with van der Waals surface area (Å²) in [6, 6.07) is 15.2. The van der Waals surface area contributed by atoms with Crippen LogP contribution in [0.2, 0.25) is 10.0 Å². The molecule has 0 saturated heterocycles. The van der Waals surface area contributed by atoms with E-state index in [2.05, 4.69) is 26.3 Å². The fraction of sp³-hybridized carbons (Fsp3) is 0.0556. The summed E-state index contributed by atoms with van der Waals surface area (Å²) in [4.78, 5) is 24.3. The highest BCUT2D eigenvalue weighted by atomic mass is 79.9. The quantitative estimate of drug-likeness (QED) is 0.628. The Hall–Kier alpha value is -2.15. The number of carbonyl (C=O) groups excluding carboxylic acids is 1. The summed E-state index contributed by atoms with van der Waals surface area (Å²) < 4.78 is 2.05. The number of benzene rings is 2. The number of nitrogens with one attached hydrogen (secondary N) is 1. The van der Waals surface area contributed by atoms with Gasteiger partial charge in [-0.25, -0.2) is 4.68 Å². The Bertz CT molecular complexity index is 1020. The molecule has 1 heterocycles. The van der Waals surface area contributed by atoms with Crippen molar-refractivity contribution in [3.8, 4) is 11.3 Å². The Kier molecular flexibility index (Phi) is 5.76. The van der Waals surface area contributed by atoms with Crippen LogP contribution in [0.1, 0.15) is 0 Å². The van der Waals surface area contributed by atoms with Gasteiger partial charge in [-0.3, -0.25) is 9.59 Å². The molecule has 0 saturated carbocycles. The average Bonchev–Trinajstić information content (AvgIpc) is 2.60. The SMILES string of the molecule is O=C(Cn1nc(-c2ccc(Br)cc2)ccc1=O)Nc1ccc(Cl)cc1Cl. The van der Waals surface area contributed by atoms with E-state index in [1.54, 1.807) is 18.2 Å². The van der Waals surface area contributed by atoms with Crippen molar-refractivity contribution in [2.24, 2.45) is 0 Å². The Labute approximate surface area is 167 Å². The summed E-state index contributed by atoms with van der Waals surface area (Å²) in [5, 5.41) is 7.69. The zero-order valence-electron chi connectivity index (χ0n) is 13.2. The van der Waals surface area contributed by atoms with Crippen molar-refractivity contribution < 1.29 is 4.79 Å². The molecular formula is C18H12BrCl2N3O2. The van der Waals surface area contributed by atoms with Crippen LogP contribution in [0.4, 0.5) is 5.69 Å². The number of amides is 1. The fourth-order valence-corrected chi connectivity index (χ4v) is 2.97. The number of halogens is 3. The van der Waals surface area contributed by atoms with Crippen molar-refractivity contribution in [3.63, 3.8) is 0 Å². The molecule has 0 radical (unpaired) electrons. The van der Waals surface area contributed by atoms with Crippen LogP contribution in [0.15, 0.2) is 63.9 Å². The van der Waals surface area contributed by atoms with E-state index in [0.717, 1.165) is 14.7 Å². The maximum absolute atomic E-state index is 12.3. The molecule has 0 bridgehead atoms. The molecule has 3 rings (SSSR count). The maximum Gasteiger partial charge on any atom is 0.267 e. The van der Waals surface area contributed by atoms with Gasteiger partial charge >= 0.3 is 0 Å². The van der Waals surface area contributed by atoms with Gasteiger partial charge in [0, 0.05) is 21.1 Å². The van der Waals surface area contributed by atoms with Gasteiger partial charge in [-0.2, -0.15) is 5.10 Å².